The Morgan fingerprint density at radius 2 is 1.75 bits per heavy atom. The number of hydrogen-bond acceptors (Lipinski definition) is 5. The summed E-state index contributed by atoms with van der Waals surface area (Å²) in [6.45, 7) is 8.16. The Bertz CT molecular complexity index is 1170. The van der Waals surface area contributed by atoms with Gasteiger partial charge in [0.05, 0.1) is 21.8 Å². The average molecular weight is 453 g/mol. The predicted octanol–water partition coefficient (Wildman–Crippen LogP) is 4.23. The lowest BCUT2D eigenvalue weighted by molar-refractivity contribution is -0.119. The molecule has 0 aliphatic heterocycles. The molecule has 2 atom stereocenters. The summed E-state index contributed by atoms with van der Waals surface area (Å²) < 4.78 is 1.53. The van der Waals surface area contributed by atoms with E-state index in [2.05, 4.69) is 29.5 Å². The average Bonchev–Trinajstić information content (AvgIpc) is 2.79. The lowest BCUT2D eigenvalue weighted by atomic mass is 9.98. The van der Waals surface area contributed by atoms with Gasteiger partial charge in [-0.2, -0.15) is 0 Å². The van der Waals surface area contributed by atoms with Crippen molar-refractivity contribution in [2.75, 3.05) is 6.54 Å². The Morgan fingerprint density at radius 3 is 2.41 bits per heavy atom. The fourth-order valence-corrected chi connectivity index (χ4v) is 4.16. The number of nitrogens with one attached hydrogen (secondary N) is 2. The van der Waals surface area contributed by atoms with Crippen LogP contribution in [0.25, 0.3) is 16.6 Å². The van der Waals surface area contributed by atoms with E-state index in [1.807, 2.05) is 30.3 Å². The molecule has 168 valence electrons. The Balaban J connectivity index is 2.02. The molecule has 7 nitrogen and oxygen atoms in total. The molecule has 0 radical (unpaired) electrons. The lowest BCUT2D eigenvalue weighted by Gasteiger charge is -2.17. The van der Waals surface area contributed by atoms with Gasteiger partial charge < -0.3 is 5.32 Å². The number of hydrogen-bond donors (Lipinski definition) is 2. The molecule has 1 aromatic heterocycles. The number of imide groups is 1. The molecule has 0 saturated carbocycles. The molecule has 3 aromatic rings. The summed E-state index contributed by atoms with van der Waals surface area (Å²) in [7, 11) is 0. The molecule has 0 saturated heterocycles. The molecule has 0 aliphatic carbocycles. The maximum Gasteiger partial charge on any atom is 0.321 e. The predicted molar refractivity (Wildman–Crippen MR) is 129 cm³/mol. The second-order valence-electron chi connectivity index (χ2n) is 7.56. The number of amides is 3. The fraction of sp³-hybridized carbons (Fsp3) is 0.333. The Labute approximate surface area is 191 Å². The molecule has 0 aliphatic rings. The van der Waals surface area contributed by atoms with Crippen molar-refractivity contribution < 1.29 is 9.59 Å². The van der Waals surface area contributed by atoms with E-state index in [0.29, 0.717) is 34.2 Å². The number of benzene rings is 2. The van der Waals surface area contributed by atoms with Crippen LogP contribution >= 0.6 is 11.8 Å². The number of fused-ring (bicyclic) bond motifs is 1. The van der Waals surface area contributed by atoms with Crippen LogP contribution in [0.5, 0.6) is 0 Å². The standard InChI is InChI=1S/C24H28N4O3S/c1-5-15(3)17-11-13-18(14-12-17)28-22(30)19-9-7-8-10-20(19)26-24(28)32-16(4)21(29)27-23(31)25-6-2/h7-16H,5-6H2,1-4H3,(H2,25,27,29,31)/t15-,16+/m0/s1. The number of aromatic nitrogens is 2. The summed E-state index contributed by atoms with van der Waals surface area (Å²) in [5, 5.41) is 5.10. The molecule has 3 amide bonds. The van der Waals surface area contributed by atoms with Gasteiger partial charge in [-0.3, -0.25) is 19.5 Å². The van der Waals surface area contributed by atoms with E-state index in [-0.39, 0.29) is 5.56 Å². The third-order valence-electron chi connectivity index (χ3n) is 5.30. The molecule has 0 fully saturated rings. The molecule has 2 N–H and O–H groups in total. The molecule has 32 heavy (non-hydrogen) atoms. The highest BCUT2D eigenvalue weighted by Gasteiger charge is 2.21. The third kappa shape index (κ3) is 5.19. The molecule has 8 heteroatoms. The van der Waals surface area contributed by atoms with Gasteiger partial charge in [0.25, 0.3) is 5.56 Å². The zero-order valence-corrected chi connectivity index (χ0v) is 19.5. The Morgan fingerprint density at radius 1 is 1.06 bits per heavy atom. The van der Waals surface area contributed by atoms with Gasteiger partial charge in [-0.15, -0.1) is 0 Å². The second-order valence-corrected chi connectivity index (χ2v) is 8.87. The van der Waals surface area contributed by atoms with E-state index >= 15 is 0 Å². The maximum atomic E-state index is 13.4. The highest BCUT2D eigenvalue weighted by molar-refractivity contribution is 8.00. The summed E-state index contributed by atoms with van der Waals surface area (Å²) in [6, 6.07) is 14.4. The summed E-state index contributed by atoms with van der Waals surface area (Å²) in [4.78, 5) is 42.2. The van der Waals surface area contributed by atoms with Crippen molar-refractivity contribution in [3.63, 3.8) is 0 Å². The summed E-state index contributed by atoms with van der Waals surface area (Å²) >= 11 is 1.14. The minimum atomic E-state index is -0.642. The van der Waals surface area contributed by atoms with Crippen LogP contribution in [0, 0.1) is 0 Å². The first-order valence-corrected chi connectivity index (χ1v) is 11.6. The first-order valence-electron chi connectivity index (χ1n) is 10.7. The summed E-state index contributed by atoms with van der Waals surface area (Å²) in [6.07, 6.45) is 1.02. The van der Waals surface area contributed by atoms with Crippen molar-refractivity contribution in [1.82, 2.24) is 20.2 Å². The largest absolute Gasteiger partial charge is 0.338 e. The minimum absolute atomic E-state index is 0.203. The quantitative estimate of drug-likeness (QED) is 0.413. The molecule has 3 rings (SSSR count). The van der Waals surface area contributed by atoms with Crippen LogP contribution in [-0.4, -0.2) is 33.3 Å². The number of nitrogens with zero attached hydrogens (tertiary/aromatic N) is 2. The summed E-state index contributed by atoms with van der Waals surface area (Å²) in [5.41, 5.74) is 2.23. The van der Waals surface area contributed by atoms with E-state index in [9.17, 15) is 14.4 Å². The van der Waals surface area contributed by atoms with Gasteiger partial charge in [-0.1, -0.05) is 49.9 Å². The van der Waals surface area contributed by atoms with Gasteiger partial charge in [0.1, 0.15) is 0 Å². The van der Waals surface area contributed by atoms with Gasteiger partial charge >= 0.3 is 6.03 Å². The highest BCUT2D eigenvalue weighted by Crippen LogP contribution is 2.26. The highest BCUT2D eigenvalue weighted by atomic mass is 32.2. The van der Waals surface area contributed by atoms with Gasteiger partial charge in [0, 0.05) is 6.54 Å². The number of para-hydroxylation sites is 1. The van der Waals surface area contributed by atoms with E-state index in [1.165, 1.54) is 10.1 Å². The van der Waals surface area contributed by atoms with Crippen molar-refractivity contribution in [3.05, 3.63) is 64.4 Å². The SMILES string of the molecule is CCNC(=O)NC(=O)[C@@H](C)Sc1nc2ccccc2c(=O)n1-c1ccc([C@@H](C)CC)cc1. The first kappa shape index (κ1) is 23.5. The van der Waals surface area contributed by atoms with Gasteiger partial charge in [0.2, 0.25) is 5.91 Å². The van der Waals surface area contributed by atoms with Crippen LogP contribution in [0.2, 0.25) is 0 Å². The van der Waals surface area contributed by atoms with Gasteiger partial charge in [-0.05, 0) is 56.0 Å². The Kier molecular flexibility index (Phi) is 7.69. The Hall–Kier alpha value is -3.13. The molecular formula is C24H28N4O3S. The zero-order valence-electron chi connectivity index (χ0n) is 18.7. The van der Waals surface area contributed by atoms with Crippen LogP contribution in [0.3, 0.4) is 0 Å². The van der Waals surface area contributed by atoms with Crippen molar-refractivity contribution >= 4 is 34.6 Å². The topological polar surface area (TPSA) is 93.1 Å². The van der Waals surface area contributed by atoms with Gasteiger partial charge in [0.15, 0.2) is 5.16 Å². The number of rotatable bonds is 7. The van der Waals surface area contributed by atoms with Crippen LogP contribution in [0.15, 0.2) is 58.5 Å². The number of carbonyl (C=O) groups is 2. The van der Waals surface area contributed by atoms with Crippen LogP contribution in [0.1, 0.15) is 45.6 Å². The van der Waals surface area contributed by atoms with Crippen LogP contribution < -0.4 is 16.2 Å². The van der Waals surface area contributed by atoms with E-state index in [4.69, 9.17) is 0 Å². The van der Waals surface area contributed by atoms with E-state index in [0.717, 1.165) is 18.2 Å². The summed E-state index contributed by atoms with van der Waals surface area (Å²) in [5.74, 6) is -0.0376. The van der Waals surface area contributed by atoms with E-state index < -0.39 is 17.2 Å². The number of carbonyl (C=O) groups excluding carboxylic acids is 2. The molecule has 0 unspecified atom stereocenters. The molecule has 1 heterocycles. The second kappa shape index (κ2) is 10.5. The fourth-order valence-electron chi connectivity index (χ4n) is 3.24. The number of urea groups is 1. The smallest absolute Gasteiger partial charge is 0.321 e. The minimum Gasteiger partial charge on any atom is -0.338 e. The van der Waals surface area contributed by atoms with Crippen LogP contribution in [-0.2, 0) is 4.79 Å². The van der Waals surface area contributed by atoms with Crippen LogP contribution in [0.4, 0.5) is 4.79 Å². The lowest BCUT2D eigenvalue weighted by Crippen LogP contribution is -2.42. The number of thioether (sulfide) groups is 1. The third-order valence-corrected chi connectivity index (χ3v) is 6.36. The van der Waals surface area contributed by atoms with Crippen molar-refractivity contribution in [3.8, 4) is 5.69 Å². The monoisotopic (exact) mass is 452 g/mol. The molecular weight excluding hydrogens is 424 g/mol. The maximum absolute atomic E-state index is 13.4. The van der Waals surface area contributed by atoms with Crippen molar-refractivity contribution in [2.24, 2.45) is 0 Å². The molecule has 0 spiro atoms. The normalized spacial score (nSPS) is 12.9. The zero-order chi connectivity index (χ0) is 23.3. The van der Waals surface area contributed by atoms with Gasteiger partial charge in [-0.25, -0.2) is 9.78 Å². The molecule has 0 bridgehead atoms. The molecule has 2 aromatic carbocycles. The first-order chi connectivity index (χ1) is 15.3. The van der Waals surface area contributed by atoms with Crippen molar-refractivity contribution in [2.45, 2.75) is 50.4 Å². The van der Waals surface area contributed by atoms with Crippen molar-refractivity contribution in [1.29, 1.82) is 0 Å². The van der Waals surface area contributed by atoms with E-state index in [1.54, 1.807) is 32.0 Å².